The molecule has 5 aromatic rings. The second-order valence-electron chi connectivity index (χ2n) is 8.81. The number of nitrogens with zero attached hydrogens (tertiary/aromatic N) is 3. The molecule has 0 aliphatic carbocycles. The SMILES string of the molecule is C=CC(=O)Nc1ccc(Oc2c(C)cc(F)cc2C)c(-n2cc(C)c(=O)c3sc(-c4nnc(C)o4)cc32)c1. The van der Waals surface area contributed by atoms with E-state index in [1.54, 1.807) is 58.2 Å². The normalized spacial score (nSPS) is 11.1. The summed E-state index contributed by atoms with van der Waals surface area (Å²) in [6, 6.07) is 9.76. The van der Waals surface area contributed by atoms with Crippen molar-refractivity contribution in [1.29, 1.82) is 0 Å². The molecule has 3 heterocycles. The summed E-state index contributed by atoms with van der Waals surface area (Å²) in [5.74, 6) is 0.945. The van der Waals surface area contributed by atoms with Gasteiger partial charge >= 0.3 is 0 Å². The lowest BCUT2D eigenvalue weighted by Crippen LogP contribution is -2.11. The third-order valence-corrected chi connectivity index (χ3v) is 7.02. The van der Waals surface area contributed by atoms with Crippen LogP contribution in [0.4, 0.5) is 10.1 Å². The van der Waals surface area contributed by atoms with Gasteiger partial charge in [-0.25, -0.2) is 4.39 Å². The molecule has 0 unspecified atom stereocenters. The molecule has 38 heavy (non-hydrogen) atoms. The van der Waals surface area contributed by atoms with Gasteiger partial charge in [-0.2, -0.15) is 0 Å². The number of hydrogen-bond acceptors (Lipinski definition) is 7. The molecule has 0 atom stereocenters. The molecule has 1 amide bonds. The highest BCUT2D eigenvalue weighted by atomic mass is 32.1. The third kappa shape index (κ3) is 4.61. The van der Waals surface area contributed by atoms with Crippen LogP contribution in [0.2, 0.25) is 0 Å². The molecule has 5 rings (SSSR count). The van der Waals surface area contributed by atoms with Crippen LogP contribution in [-0.4, -0.2) is 20.7 Å². The predicted molar refractivity (Wildman–Crippen MR) is 145 cm³/mol. The molecule has 0 bridgehead atoms. The summed E-state index contributed by atoms with van der Waals surface area (Å²) >= 11 is 1.25. The van der Waals surface area contributed by atoms with E-state index in [-0.39, 0.29) is 17.2 Å². The van der Waals surface area contributed by atoms with E-state index in [2.05, 4.69) is 22.1 Å². The topological polar surface area (TPSA) is 99.2 Å². The Hall–Kier alpha value is -4.57. The van der Waals surface area contributed by atoms with Gasteiger partial charge in [0.25, 0.3) is 5.89 Å². The molecule has 0 saturated carbocycles. The largest absolute Gasteiger partial charge is 0.455 e. The maximum Gasteiger partial charge on any atom is 0.257 e. The maximum atomic E-state index is 13.9. The number of thiophene rings is 1. The second kappa shape index (κ2) is 9.71. The van der Waals surface area contributed by atoms with Crippen molar-refractivity contribution in [3.05, 3.63) is 93.9 Å². The molecule has 1 N–H and O–H groups in total. The number of aryl methyl sites for hydroxylation is 4. The minimum absolute atomic E-state index is 0.118. The number of fused-ring (bicyclic) bond motifs is 1. The van der Waals surface area contributed by atoms with Crippen molar-refractivity contribution >= 4 is 33.1 Å². The number of halogens is 1. The van der Waals surface area contributed by atoms with Crippen LogP contribution >= 0.6 is 11.3 Å². The van der Waals surface area contributed by atoms with Crippen molar-refractivity contribution in [1.82, 2.24) is 14.8 Å². The van der Waals surface area contributed by atoms with E-state index in [0.29, 0.717) is 66.4 Å². The van der Waals surface area contributed by atoms with Crippen LogP contribution in [0.1, 0.15) is 22.6 Å². The lowest BCUT2D eigenvalue weighted by atomic mass is 10.1. The summed E-state index contributed by atoms with van der Waals surface area (Å²) < 4.78 is 28.2. The number of pyridine rings is 1. The van der Waals surface area contributed by atoms with Crippen LogP contribution in [0, 0.1) is 33.5 Å². The van der Waals surface area contributed by atoms with Gasteiger partial charge in [0.15, 0.2) is 5.75 Å². The Bertz CT molecular complexity index is 1780. The molecule has 0 radical (unpaired) electrons. The fourth-order valence-corrected chi connectivity index (χ4v) is 5.23. The molecule has 8 nitrogen and oxygen atoms in total. The highest BCUT2D eigenvalue weighted by Crippen LogP contribution is 2.38. The van der Waals surface area contributed by atoms with Crippen molar-refractivity contribution in [3.63, 3.8) is 0 Å². The molecule has 0 spiro atoms. The van der Waals surface area contributed by atoms with Gasteiger partial charge in [0.1, 0.15) is 11.6 Å². The summed E-state index contributed by atoms with van der Waals surface area (Å²) in [4.78, 5) is 25.8. The molecule has 192 valence electrons. The fraction of sp³-hybridized carbons (Fsp3) is 0.143. The van der Waals surface area contributed by atoms with Crippen LogP contribution in [0.25, 0.3) is 26.7 Å². The summed E-state index contributed by atoms with van der Waals surface area (Å²) in [6.07, 6.45) is 2.89. The molecule has 0 aliphatic rings. The lowest BCUT2D eigenvalue weighted by Gasteiger charge is -2.19. The van der Waals surface area contributed by atoms with Crippen LogP contribution in [-0.2, 0) is 4.79 Å². The zero-order valence-electron chi connectivity index (χ0n) is 21.1. The molecular formula is C28H23FN4O4S. The van der Waals surface area contributed by atoms with Crippen LogP contribution in [0.5, 0.6) is 11.5 Å². The molecule has 0 fully saturated rings. The minimum atomic E-state index is -0.374. The predicted octanol–water partition coefficient (Wildman–Crippen LogP) is 6.39. The Morgan fingerprint density at radius 3 is 2.50 bits per heavy atom. The Morgan fingerprint density at radius 2 is 1.84 bits per heavy atom. The number of nitrogens with one attached hydrogen (secondary N) is 1. The van der Waals surface area contributed by atoms with Crippen molar-refractivity contribution < 1.29 is 18.3 Å². The van der Waals surface area contributed by atoms with Gasteiger partial charge in [-0.15, -0.1) is 21.5 Å². The summed E-state index contributed by atoms with van der Waals surface area (Å²) in [5.41, 5.74) is 3.29. The number of hydrogen-bond donors (Lipinski definition) is 1. The molecule has 0 aliphatic heterocycles. The summed E-state index contributed by atoms with van der Waals surface area (Å²) in [5, 5.41) is 10.7. The van der Waals surface area contributed by atoms with E-state index in [1.165, 1.54) is 29.5 Å². The first-order valence-corrected chi connectivity index (χ1v) is 12.4. The number of carbonyl (C=O) groups excluding carboxylic acids is 1. The van der Waals surface area contributed by atoms with E-state index in [0.717, 1.165) is 0 Å². The van der Waals surface area contributed by atoms with Crippen LogP contribution in [0.3, 0.4) is 0 Å². The van der Waals surface area contributed by atoms with Crippen molar-refractivity contribution in [3.8, 4) is 28.0 Å². The number of carbonyl (C=O) groups is 1. The van der Waals surface area contributed by atoms with Gasteiger partial charge in [0.05, 0.1) is 20.8 Å². The number of amides is 1. The fourth-order valence-electron chi connectivity index (χ4n) is 4.16. The molecule has 3 aromatic heterocycles. The van der Waals surface area contributed by atoms with E-state index in [9.17, 15) is 14.0 Å². The molecule has 0 saturated heterocycles. The Labute approximate surface area is 221 Å². The standard InChI is InChI=1S/C28H23FN4O4S/c1-6-24(34)30-19-7-8-22(37-26-14(2)9-18(29)10-15(26)3)20(11-19)33-13-16(4)25(35)27-21(33)12-23(38-27)28-32-31-17(5)36-28/h6-13H,1H2,2-5H3,(H,30,34). The van der Waals surface area contributed by atoms with Gasteiger partial charge in [-0.05, 0) is 74.4 Å². The number of anilines is 1. The molecular weight excluding hydrogens is 507 g/mol. The lowest BCUT2D eigenvalue weighted by molar-refractivity contribution is -0.111. The third-order valence-electron chi connectivity index (χ3n) is 5.90. The van der Waals surface area contributed by atoms with Gasteiger partial charge in [0.2, 0.25) is 17.2 Å². The first-order valence-electron chi connectivity index (χ1n) is 11.6. The van der Waals surface area contributed by atoms with Gasteiger partial charge in [-0.3, -0.25) is 9.59 Å². The Balaban J connectivity index is 1.75. The number of benzene rings is 2. The van der Waals surface area contributed by atoms with Crippen molar-refractivity contribution in [2.45, 2.75) is 27.7 Å². The highest BCUT2D eigenvalue weighted by Gasteiger charge is 2.20. The second-order valence-corrected chi connectivity index (χ2v) is 9.86. The van der Waals surface area contributed by atoms with Gasteiger partial charge < -0.3 is 19.0 Å². The van der Waals surface area contributed by atoms with Crippen molar-refractivity contribution in [2.24, 2.45) is 0 Å². The number of rotatable bonds is 6. The van der Waals surface area contributed by atoms with E-state index < -0.39 is 0 Å². The highest BCUT2D eigenvalue weighted by molar-refractivity contribution is 7.22. The minimum Gasteiger partial charge on any atom is -0.455 e. The quantitative estimate of drug-likeness (QED) is 0.255. The monoisotopic (exact) mass is 530 g/mol. The smallest absolute Gasteiger partial charge is 0.257 e. The Kier molecular flexibility index (Phi) is 6.41. The Morgan fingerprint density at radius 1 is 1.11 bits per heavy atom. The maximum absolute atomic E-state index is 13.9. The zero-order valence-corrected chi connectivity index (χ0v) is 21.9. The van der Waals surface area contributed by atoms with Crippen LogP contribution in [0.15, 0.2) is 64.5 Å². The van der Waals surface area contributed by atoms with Crippen LogP contribution < -0.4 is 15.5 Å². The average Bonchev–Trinajstić information content (AvgIpc) is 3.51. The first kappa shape index (κ1) is 25.1. The average molecular weight is 531 g/mol. The number of aromatic nitrogens is 3. The van der Waals surface area contributed by atoms with E-state index in [1.807, 2.05) is 4.57 Å². The summed E-state index contributed by atoms with van der Waals surface area (Å²) in [6.45, 7) is 10.5. The zero-order chi connectivity index (χ0) is 27.1. The molecule has 10 heteroatoms. The van der Waals surface area contributed by atoms with Crippen molar-refractivity contribution in [2.75, 3.05) is 5.32 Å². The van der Waals surface area contributed by atoms with E-state index >= 15 is 0 Å². The molecule has 2 aromatic carbocycles. The van der Waals surface area contributed by atoms with Gasteiger partial charge in [0, 0.05) is 24.4 Å². The first-order chi connectivity index (χ1) is 18.1. The van der Waals surface area contributed by atoms with Gasteiger partial charge in [-0.1, -0.05) is 6.58 Å². The summed E-state index contributed by atoms with van der Waals surface area (Å²) in [7, 11) is 0. The number of ether oxygens (including phenoxy) is 1. The van der Waals surface area contributed by atoms with E-state index in [4.69, 9.17) is 9.15 Å².